The van der Waals surface area contributed by atoms with Gasteiger partial charge in [-0.25, -0.2) is 4.99 Å². The predicted octanol–water partition coefficient (Wildman–Crippen LogP) is 1.26. The summed E-state index contributed by atoms with van der Waals surface area (Å²) in [6.07, 6.45) is 0. The third-order valence-electron chi connectivity index (χ3n) is 5.11. The number of nitrogens with zero attached hydrogens (tertiary/aromatic N) is 4. The Morgan fingerprint density at radius 1 is 1.21 bits per heavy atom. The number of hydrogen-bond acceptors (Lipinski definition) is 4. The van der Waals surface area contributed by atoms with E-state index in [1.165, 1.54) is 0 Å². The third kappa shape index (κ3) is 6.49. The Labute approximate surface area is 169 Å². The SMILES string of the molecule is COCCN1C(C)CN(C(=NCc2ccccc2)NCC(=O)N(C)C)CC1C. The third-order valence-corrected chi connectivity index (χ3v) is 5.11. The first-order chi connectivity index (χ1) is 13.4. The van der Waals surface area contributed by atoms with E-state index in [4.69, 9.17) is 9.73 Å². The number of nitrogens with one attached hydrogen (secondary N) is 1. The average molecular weight is 390 g/mol. The van der Waals surface area contributed by atoms with E-state index in [-0.39, 0.29) is 12.5 Å². The molecule has 1 aliphatic rings. The number of amides is 1. The number of benzene rings is 1. The smallest absolute Gasteiger partial charge is 0.241 e. The van der Waals surface area contributed by atoms with Gasteiger partial charge in [-0.15, -0.1) is 0 Å². The van der Waals surface area contributed by atoms with Gasteiger partial charge in [0.1, 0.15) is 0 Å². The van der Waals surface area contributed by atoms with Crippen molar-refractivity contribution < 1.29 is 9.53 Å². The second-order valence-electron chi connectivity index (χ2n) is 7.60. The molecule has 0 bridgehead atoms. The van der Waals surface area contributed by atoms with Crippen LogP contribution < -0.4 is 5.32 Å². The maximum atomic E-state index is 12.1. The lowest BCUT2D eigenvalue weighted by Gasteiger charge is -2.45. The lowest BCUT2D eigenvalue weighted by molar-refractivity contribution is -0.127. The Morgan fingerprint density at radius 3 is 2.43 bits per heavy atom. The van der Waals surface area contributed by atoms with E-state index in [1.807, 2.05) is 18.2 Å². The lowest BCUT2D eigenvalue weighted by atomic mass is 10.1. The number of piperazine rings is 1. The topological polar surface area (TPSA) is 60.4 Å². The minimum Gasteiger partial charge on any atom is -0.383 e. The molecule has 0 radical (unpaired) electrons. The van der Waals surface area contributed by atoms with E-state index < -0.39 is 0 Å². The molecule has 2 atom stereocenters. The summed E-state index contributed by atoms with van der Waals surface area (Å²) in [5.41, 5.74) is 1.15. The van der Waals surface area contributed by atoms with Crippen molar-refractivity contribution in [1.82, 2.24) is 20.0 Å². The number of carbonyl (C=O) groups excluding carboxylic acids is 1. The van der Waals surface area contributed by atoms with E-state index in [2.05, 4.69) is 41.1 Å². The summed E-state index contributed by atoms with van der Waals surface area (Å²) >= 11 is 0. The van der Waals surface area contributed by atoms with Crippen LogP contribution in [0.4, 0.5) is 0 Å². The van der Waals surface area contributed by atoms with Gasteiger partial charge in [-0.3, -0.25) is 9.69 Å². The van der Waals surface area contributed by atoms with Crippen molar-refractivity contribution in [3.05, 3.63) is 35.9 Å². The Hall–Kier alpha value is -2.12. The first-order valence-corrected chi connectivity index (χ1v) is 9.94. The molecule has 28 heavy (non-hydrogen) atoms. The first kappa shape index (κ1) is 22.2. The minimum atomic E-state index is 0.0345. The van der Waals surface area contributed by atoms with Gasteiger partial charge in [0.05, 0.1) is 19.7 Å². The van der Waals surface area contributed by atoms with Gasteiger partial charge in [0, 0.05) is 52.9 Å². The van der Waals surface area contributed by atoms with Crippen LogP contribution >= 0.6 is 0 Å². The molecule has 1 N–H and O–H groups in total. The van der Waals surface area contributed by atoms with Crippen molar-refractivity contribution in [3.63, 3.8) is 0 Å². The molecule has 0 aliphatic carbocycles. The molecule has 1 saturated heterocycles. The van der Waals surface area contributed by atoms with Crippen molar-refractivity contribution in [3.8, 4) is 0 Å². The normalized spacial score (nSPS) is 20.9. The first-order valence-electron chi connectivity index (χ1n) is 9.94. The molecule has 1 aliphatic heterocycles. The molecule has 0 saturated carbocycles. The van der Waals surface area contributed by atoms with Gasteiger partial charge in [-0.2, -0.15) is 0 Å². The number of rotatable bonds is 7. The monoisotopic (exact) mass is 389 g/mol. The summed E-state index contributed by atoms with van der Waals surface area (Å²) in [6.45, 7) is 8.69. The highest BCUT2D eigenvalue weighted by Crippen LogP contribution is 2.16. The van der Waals surface area contributed by atoms with E-state index in [1.54, 1.807) is 26.1 Å². The quantitative estimate of drug-likeness (QED) is 0.562. The zero-order valence-electron chi connectivity index (χ0n) is 17.9. The van der Waals surface area contributed by atoms with Crippen LogP contribution in [0.2, 0.25) is 0 Å². The number of ether oxygens (including phenoxy) is 1. The molecule has 156 valence electrons. The van der Waals surface area contributed by atoms with Crippen LogP contribution in [0.3, 0.4) is 0 Å². The van der Waals surface area contributed by atoms with Crippen LogP contribution in [0.15, 0.2) is 35.3 Å². The number of aliphatic imine (C=N–C) groups is 1. The highest BCUT2D eigenvalue weighted by atomic mass is 16.5. The summed E-state index contributed by atoms with van der Waals surface area (Å²) in [6, 6.07) is 10.9. The minimum absolute atomic E-state index is 0.0345. The molecule has 0 spiro atoms. The number of methoxy groups -OCH3 is 1. The van der Waals surface area contributed by atoms with Crippen LogP contribution in [0.1, 0.15) is 19.4 Å². The van der Waals surface area contributed by atoms with Crippen LogP contribution in [-0.2, 0) is 16.1 Å². The molecule has 7 heteroatoms. The molecule has 1 fully saturated rings. The van der Waals surface area contributed by atoms with Crippen molar-refractivity contribution >= 4 is 11.9 Å². The highest BCUT2D eigenvalue weighted by Gasteiger charge is 2.30. The molecular weight excluding hydrogens is 354 g/mol. The summed E-state index contributed by atoms with van der Waals surface area (Å²) in [5, 5.41) is 3.28. The fraction of sp³-hybridized carbons (Fsp3) is 0.619. The molecule has 2 rings (SSSR count). The highest BCUT2D eigenvalue weighted by molar-refractivity contribution is 5.86. The van der Waals surface area contributed by atoms with Crippen molar-refractivity contribution in [2.45, 2.75) is 32.5 Å². The molecule has 1 heterocycles. The fourth-order valence-corrected chi connectivity index (χ4v) is 3.50. The van der Waals surface area contributed by atoms with Crippen LogP contribution in [0.25, 0.3) is 0 Å². The Morgan fingerprint density at radius 2 is 1.86 bits per heavy atom. The standard InChI is InChI=1S/C21H35N5O2/c1-17-15-25(16-18(2)26(17)11-12-28-5)21(23-14-20(27)24(3)4)22-13-19-9-7-6-8-10-19/h6-10,17-18H,11-16H2,1-5H3,(H,22,23). The number of carbonyl (C=O) groups is 1. The van der Waals surface area contributed by atoms with E-state index in [0.29, 0.717) is 18.6 Å². The molecular formula is C21H35N5O2. The van der Waals surface area contributed by atoms with Gasteiger partial charge in [0.25, 0.3) is 0 Å². The summed E-state index contributed by atoms with van der Waals surface area (Å²) < 4.78 is 5.26. The fourth-order valence-electron chi connectivity index (χ4n) is 3.50. The van der Waals surface area contributed by atoms with Gasteiger partial charge in [-0.05, 0) is 19.4 Å². The number of guanidine groups is 1. The maximum absolute atomic E-state index is 12.1. The molecule has 2 unspecified atom stereocenters. The van der Waals surface area contributed by atoms with Crippen LogP contribution in [0, 0.1) is 0 Å². The van der Waals surface area contributed by atoms with Crippen molar-refractivity contribution in [1.29, 1.82) is 0 Å². The molecule has 1 amide bonds. The second kappa shape index (κ2) is 11.0. The summed E-state index contributed by atoms with van der Waals surface area (Å²) in [7, 11) is 5.28. The van der Waals surface area contributed by atoms with Gasteiger partial charge in [0.2, 0.25) is 5.91 Å². The number of likely N-dealkylation sites (N-methyl/N-ethyl adjacent to an activating group) is 1. The van der Waals surface area contributed by atoms with Gasteiger partial charge in [-0.1, -0.05) is 30.3 Å². The average Bonchev–Trinajstić information content (AvgIpc) is 2.67. The lowest BCUT2D eigenvalue weighted by Crippen LogP contribution is -2.61. The second-order valence-corrected chi connectivity index (χ2v) is 7.60. The Bertz CT molecular complexity index is 623. The van der Waals surface area contributed by atoms with Crippen molar-refractivity contribution in [2.75, 3.05) is 54.0 Å². The summed E-state index contributed by atoms with van der Waals surface area (Å²) in [5.74, 6) is 0.830. The zero-order valence-corrected chi connectivity index (χ0v) is 17.9. The van der Waals surface area contributed by atoms with Gasteiger partial charge >= 0.3 is 0 Å². The van der Waals surface area contributed by atoms with E-state index in [0.717, 1.165) is 37.8 Å². The zero-order chi connectivity index (χ0) is 20.5. The molecule has 1 aromatic rings. The molecule has 7 nitrogen and oxygen atoms in total. The predicted molar refractivity (Wildman–Crippen MR) is 113 cm³/mol. The molecule has 1 aromatic carbocycles. The van der Waals surface area contributed by atoms with Crippen molar-refractivity contribution in [2.24, 2.45) is 4.99 Å². The maximum Gasteiger partial charge on any atom is 0.241 e. The van der Waals surface area contributed by atoms with Crippen LogP contribution in [0.5, 0.6) is 0 Å². The van der Waals surface area contributed by atoms with Crippen LogP contribution in [-0.4, -0.2) is 92.6 Å². The van der Waals surface area contributed by atoms with E-state index >= 15 is 0 Å². The van der Waals surface area contributed by atoms with Gasteiger partial charge < -0.3 is 19.9 Å². The Balaban J connectivity index is 2.10. The summed E-state index contributed by atoms with van der Waals surface area (Å²) in [4.78, 5) is 23.2. The molecule has 0 aromatic heterocycles. The largest absolute Gasteiger partial charge is 0.383 e. The number of hydrogen-bond donors (Lipinski definition) is 1. The Kier molecular flexibility index (Phi) is 8.73. The van der Waals surface area contributed by atoms with E-state index in [9.17, 15) is 4.79 Å². The van der Waals surface area contributed by atoms with Gasteiger partial charge in [0.15, 0.2) is 5.96 Å².